The topological polar surface area (TPSA) is 108 Å². The minimum absolute atomic E-state index is 0.147. The summed E-state index contributed by atoms with van der Waals surface area (Å²) in [4.78, 5) is 34.3. The normalized spacial score (nSPS) is 10.5. The summed E-state index contributed by atoms with van der Waals surface area (Å²) in [5.74, 6) is -2.77. The van der Waals surface area contributed by atoms with Crippen LogP contribution in [0.1, 0.15) is 27.0 Å². The smallest absolute Gasteiger partial charge is 0.335 e. The van der Waals surface area contributed by atoms with Crippen LogP contribution in [0, 0.1) is 13.8 Å². The molecule has 0 heterocycles. The minimum atomic E-state index is -1.03. The zero-order chi connectivity index (χ0) is 18.4. The van der Waals surface area contributed by atoms with Crippen molar-refractivity contribution in [2.45, 2.75) is 13.8 Å². The van der Waals surface area contributed by atoms with Crippen LogP contribution >= 0.6 is 0 Å². The number of carboxylic acids is 1. The van der Waals surface area contributed by atoms with Gasteiger partial charge in [-0.2, -0.15) is 5.10 Å². The lowest BCUT2D eigenvalue weighted by Gasteiger charge is -2.06. The first-order valence-corrected chi connectivity index (χ1v) is 7.42. The van der Waals surface area contributed by atoms with Gasteiger partial charge in [-0.05, 0) is 54.8 Å². The number of carboxylic acid groups (broad SMARTS) is 1. The largest absolute Gasteiger partial charge is 0.478 e. The lowest BCUT2D eigenvalue weighted by atomic mass is 10.1. The van der Waals surface area contributed by atoms with Gasteiger partial charge in [0.2, 0.25) is 0 Å². The molecule has 0 aliphatic heterocycles. The fourth-order valence-electron chi connectivity index (χ4n) is 1.94. The third kappa shape index (κ3) is 5.00. The summed E-state index contributed by atoms with van der Waals surface area (Å²) in [6.45, 7) is 3.86. The zero-order valence-electron chi connectivity index (χ0n) is 13.7. The molecular formula is C18H17N3O4. The summed E-state index contributed by atoms with van der Waals surface area (Å²) in [7, 11) is 0. The number of aromatic carboxylic acids is 1. The van der Waals surface area contributed by atoms with E-state index in [1.54, 1.807) is 12.1 Å². The summed E-state index contributed by atoms with van der Waals surface area (Å²) < 4.78 is 0. The lowest BCUT2D eigenvalue weighted by Crippen LogP contribution is -2.32. The van der Waals surface area contributed by atoms with Crippen LogP contribution in [0.3, 0.4) is 0 Å². The Balaban J connectivity index is 1.91. The number of rotatable bonds is 4. The fraction of sp³-hybridized carbons (Fsp3) is 0.111. The summed E-state index contributed by atoms with van der Waals surface area (Å²) in [5.41, 5.74) is 5.46. The van der Waals surface area contributed by atoms with Crippen LogP contribution in [-0.2, 0) is 9.59 Å². The molecule has 7 heteroatoms. The Labute approximate surface area is 144 Å². The summed E-state index contributed by atoms with van der Waals surface area (Å²) in [6.07, 6.45) is 1.31. The third-order valence-electron chi connectivity index (χ3n) is 3.51. The van der Waals surface area contributed by atoms with E-state index in [9.17, 15) is 14.4 Å². The number of hydrogen-bond acceptors (Lipinski definition) is 4. The highest BCUT2D eigenvalue weighted by molar-refractivity contribution is 6.39. The number of hydrogen-bond donors (Lipinski definition) is 3. The molecule has 3 N–H and O–H groups in total. The first kappa shape index (κ1) is 17.9. The standard InChI is InChI=1S/C18H17N3O4/c1-11-3-8-15(9-12(11)2)20-16(22)17(23)21-19-10-13-4-6-14(7-5-13)18(24)25/h3-10H,1-2H3,(H,20,22)(H,21,23)(H,24,25)/b19-10+. The van der Waals surface area contributed by atoms with Crippen molar-refractivity contribution in [3.05, 3.63) is 64.7 Å². The van der Waals surface area contributed by atoms with Crippen LogP contribution in [-0.4, -0.2) is 29.1 Å². The molecule has 128 valence electrons. The minimum Gasteiger partial charge on any atom is -0.478 e. The molecular weight excluding hydrogens is 322 g/mol. The molecule has 0 atom stereocenters. The van der Waals surface area contributed by atoms with Gasteiger partial charge in [-0.25, -0.2) is 10.2 Å². The van der Waals surface area contributed by atoms with E-state index < -0.39 is 17.8 Å². The fourth-order valence-corrected chi connectivity index (χ4v) is 1.94. The van der Waals surface area contributed by atoms with E-state index in [1.807, 2.05) is 19.9 Å². The number of carbonyl (C=O) groups excluding carboxylic acids is 2. The van der Waals surface area contributed by atoms with Crippen molar-refractivity contribution in [1.82, 2.24) is 5.43 Å². The highest BCUT2D eigenvalue weighted by atomic mass is 16.4. The van der Waals surface area contributed by atoms with Gasteiger partial charge >= 0.3 is 17.8 Å². The molecule has 0 unspecified atom stereocenters. The molecule has 2 aromatic carbocycles. The molecule has 0 saturated carbocycles. The van der Waals surface area contributed by atoms with Gasteiger partial charge in [0, 0.05) is 5.69 Å². The van der Waals surface area contributed by atoms with E-state index in [0.717, 1.165) is 11.1 Å². The van der Waals surface area contributed by atoms with E-state index in [4.69, 9.17) is 5.11 Å². The molecule has 7 nitrogen and oxygen atoms in total. The van der Waals surface area contributed by atoms with Crippen LogP contribution in [0.25, 0.3) is 0 Å². The maximum atomic E-state index is 11.8. The molecule has 2 rings (SSSR count). The van der Waals surface area contributed by atoms with Crippen molar-refractivity contribution < 1.29 is 19.5 Å². The van der Waals surface area contributed by atoms with E-state index in [0.29, 0.717) is 11.3 Å². The van der Waals surface area contributed by atoms with E-state index >= 15 is 0 Å². The Morgan fingerprint density at radius 1 is 0.960 bits per heavy atom. The van der Waals surface area contributed by atoms with Gasteiger partial charge in [-0.15, -0.1) is 0 Å². The third-order valence-corrected chi connectivity index (χ3v) is 3.51. The molecule has 0 aliphatic carbocycles. The zero-order valence-corrected chi connectivity index (χ0v) is 13.7. The summed E-state index contributed by atoms with van der Waals surface area (Å²) in [5, 5.41) is 15.0. The number of carbonyl (C=O) groups is 3. The van der Waals surface area contributed by atoms with Gasteiger partial charge in [0.1, 0.15) is 0 Å². The Morgan fingerprint density at radius 2 is 1.64 bits per heavy atom. The molecule has 0 bridgehead atoms. The Morgan fingerprint density at radius 3 is 2.24 bits per heavy atom. The molecule has 25 heavy (non-hydrogen) atoms. The van der Waals surface area contributed by atoms with E-state index in [2.05, 4.69) is 15.8 Å². The van der Waals surface area contributed by atoms with Gasteiger partial charge in [-0.3, -0.25) is 9.59 Å². The van der Waals surface area contributed by atoms with Crippen molar-refractivity contribution in [3.8, 4) is 0 Å². The van der Waals surface area contributed by atoms with Gasteiger partial charge < -0.3 is 10.4 Å². The van der Waals surface area contributed by atoms with E-state index in [1.165, 1.54) is 30.5 Å². The number of anilines is 1. The maximum Gasteiger partial charge on any atom is 0.335 e. The number of hydrazone groups is 1. The van der Waals surface area contributed by atoms with Crippen molar-refractivity contribution in [3.63, 3.8) is 0 Å². The van der Waals surface area contributed by atoms with E-state index in [-0.39, 0.29) is 5.56 Å². The molecule has 0 radical (unpaired) electrons. The highest BCUT2D eigenvalue weighted by Crippen LogP contribution is 2.13. The quantitative estimate of drug-likeness (QED) is 0.450. The first-order chi connectivity index (χ1) is 11.9. The van der Waals surface area contributed by atoms with Crippen LogP contribution in [0.15, 0.2) is 47.6 Å². The Hall–Kier alpha value is -3.48. The van der Waals surface area contributed by atoms with Crippen LogP contribution < -0.4 is 10.7 Å². The predicted molar refractivity (Wildman–Crippen MR) is 93.7 cm³/mol. The van der Waals surface area contributed by atoms with Crippen LogP contribution in [0.4, 0.5) is 5.69 Å². The van der Waals surface area contributed by atoms with Crippen molar-refractivity contribution in [2.24, 2.45) is 5.10 Å². The van der Waals surface area contributed by atoms with Gasteiger partial charge in [0.05, 0.1) is 11.8 Å². The van der Waals surface area contributed by atoms with Crippen LogP contribution in [0.5, 0.6) is 0 Å². The molecule has 0 aliphatic rings. The summed E-state index contributed by atoms with van der Waals surface area (Å²) >= 11 is 0. The van der Waals surface area contributed by atoms with Crippen molar-refractivity contribution >= 4 is 29.7 Å². The molecule has 2 aromatic rings. The molecule has 0 spiro atoms. The average molecular weight is 339 g/mol. The predicted octanol–water partition coefficient (Wildman–Crippen LogP) is 2.09. The maximum absolute atomic E-state index is 11.8. The Bertz CT molecular complexity index is 842. The number of nitrogens with one attached hydrogen (secondary N) is 2. The summed E-state index contributed by atoms with van der Waals surface area (Å²) in [6, 6.07) is 11.2. The van der Waals surface area contributed by atoms with Gasteiger partial charge in [0.25, 0.3) is 0 Å². The second kappa shape index (κ2) is 7.87. The van der Waals surface area contributed by atoms with Crippen molar-refractivity contribution in [1.29, 1.82) is 0 Å². The molecule has 0 aromatic heterocycles. The van der Waals surface area contributed by atoms with Gasteiger partial charge in [0.15, 0.2) is 0 Å². The highest BCUT2D eigenvalue weighted by Gasteiger charge is 2.13. The number of benzene rings is 2. The SMILES string of the molecule is Cc1ccc(NC(=O)C(=O)N/N=C/c2ccc(C(=O)O)cc2)cc1C. The number of amides is 2. The van der Waals surface area contributed by atoms with Crippen LogP contribution in [0.2, 0.25) is 0 Å². The van der Waals surface area contributed by atoms with Gasteiger partial charge in [-0.1, -0.05) is 18.2 Å². The average Bonchev–Trinajstić information content (AvgIpc) is 2.58. The second-order valence-electron chi connectivity index (χ2n) is 5.38. The Kier molecular flexibility index (Phi) is 5.62. The molecule has 0 saturated heterocycles. The second-order valence-corrected chi connectivity index (χ2v) is 5.38. The first-order valence-electron chi connectivity index (χ1n) is 7.42. The monoisotopic (exact) mass is 339 g/mol. The van der Waals surface area contributed by atoms with Crippen molar-refractivity contribution in [2.75, 3.05) is 5.32 Å². The number of aryl methyl sites for hydroxylation is 2. The number of nitrogens with zero attached hydrogens (tertiary/aromatic N) is 1. The molecule has 0 fully saturated rings. The lowest BCUT2D eigenvalue weighted by molar-refractivity contribution is -0.136. The molecule has 2 amide bonds.